The van der Waals surface area contributed by atoms with E-state index in [9.17, 15) is 22.8 Å². The summed E-state index contributed by atoms with van der Waals surface area (Å²) in [7, 11) is 4.56. The number of anilines is 1. The number of hydrogen-bond donors (Lipinski definition) is 1. The van der Waals surface area contributed by atoms with E-state index < -0.39 is 12.6 Å². The van der Waals surface area contributed by atoms with Gasteiger partial charge in [-0.1, -0.05) is 6.92 Å². The van der Waals surface area contributed by atoms with Gasteiger partial charge in [-0.25, -0.2) is 0 Å². The molecule has 0 aromatic heterocycles. The van der Waals surface area contributed by atoms with Gasteiger partial charge in [-0.15, -0.1) is 0 Å². The van der Waals surface area contributed by atoms with Gasteiger partial charge in [0.25, 0.3) is 5.91 Å². The third-order valence-corrected chi connectivity index (χ3v) is 5.82. The van der Waals surface area contributed by atoms with Gasteiger partial charge in [-0.05, 0) is 25.0 Å². The second kappa shape index (κ2) is 12.4. The van der Waals surface area contributed by atoms with E-state index in [0.717, 1.165) is 0 Å². The Bertz CT molecular complexity index is 837. The first-order valence-corrected chi connectivity index (χ1v) is 11.1. The molecule has 1 aromatic rings. The van der Waals surface area contributed by atoms with Gasteiger partial charge < -0.3 is 24.4 Å². The average Bonchev–Trinajstić information content (AvgIpc) is 2.76. The number of halogens is 3. The lowest BCUT2D eigenvalue weighted by atomic mass is 10.0. The molecule has 2 rings (SSSR count). The van der Waals surface area contributed by atoms with Crippen molar-refractivity contribution in [2.75, 3.05) is 59.4 Å². The van der Waals surface area contributed by atoms with Crippen LogP contribution in [0.1, 0.15) is 30.6 Å². The fraction of sp³-hybridized carbons (Fsp3) is 0.652. The quantitative estimate of drug-likeness (QED) is 0.662. The Morgan fingerprint density at radius 2 is 1.94 bits per heavy atom. The van der Waals surface area contributed by atoms with E-state index in [-0.39, 0.29) is 67.5 Å². The van der Waals surface area contributed by atoms with Gasteiger partial charge in [0.1, 0.15) is 19.0 Å². The molecule has 1 aromatic carbocycles. The number of nitrogens with one attached hydrogen (secondary N) is 1. The number of likely N-dealkylation sites (N-methyl/N-ethyl adjacent to an activating group) is 1. The number of nitrogens with zero attached hydrogens (tertiary/aromatic N) is 2. The molecule has 0 fully saturated rings. The fourth-order valence-electron chi connectivity index (χ4n) is 3.83. The summed E-state index contributed by atoms with van der Waals surface area (Å²) >= 11 is 0. The lowest BCUT2D eigenvalue weighted by molar-refractivity contribution is -0.140. The maximum atomic E-state index is 13.2. The second-order valence-electron chi connectivity index (χ2n) is 8.65. The Labute approximate surface area is 198 Å². The molecule has 0 saturated heterocycles. The van der Waals surface area contributed by atoms with Crippen molar-refractivity contribution in [1.29, 1.82) is 0 Å². The highest BCUT2D eigenvalue weighted by molar-refractivity contribution is 5.98. The SMILES string of the molecule is COCC(=O)Nc1ccc2c(c1)OC[C@H](C)N(CCC(F)(F)F)C[C@@H](C)[C@H](OC)CN(C)C2=O. The summed E-state index contributed by atoms with van der Waals surface area (Å²) in [5, 5.41) is 2.66. The molecule has 3 atom stereocenters. The van der Waals surface area contributed by atoms with Crippen molar-refractivity contribution in [2.24, 2.45) is 5.92 Å². The molecule has 8 nitrogen and oxygen atoms in total. The van der Waals surface area contributed by atoms with Crippen LogP contribution in [0.15, 0.2) is 18.2 Å². The van der Waals surface area contributed by atoms with Crippen molar-refractivity contribution in [2.45, 2.75) is 38.6 Å². The fourth-order valence-corrected chi connectivity index (χ4v) is 3.83. The van der Waals surface area contributed by atoms with Gasteiger partial charge >= 0.3 is 6.18 Å². The number of carbonyl (C=O) groups is 2. The Kier molecular flexibility index (Phi) is 10.1. The van der Waals surface area contributed by atoms with E-state index in [4.69, 9.17) is 14.2 Å². The zero-order chi connectivity index (χ0) is 25.5. The number of rotatable bonds is 6. The Balaban J connectivity index is 2.37. The maximum Gasteiger partial charge on any atom is 0.390 e. The van der Waals surface area contributed by atoms with Crippen LogP contribution in [0.5, 0.6) is 5.75 Å². The predicted molar refractivity (Wildman–Crippen MR) is 121 cm³/mol. The number of carbonyl (C=O) groups excluding carboxylic acids is 2. The Morgan fingerprint density at radius 3 is 2.56 bits per heavy atom. The van der Waals surface area contributed by atoms with Crippen molar-refractivity contribution in [3.8, 4) is 5.75 Å². The molecule has 0 saturated carbocycles. The predicted octanol–water partition coefficient (Wildman–Crippen LogP) is 3.03. The number of amides is 2. The Hall–Kier alpha value is -2.37. The number of hydrogen-bond acceptors (Lipinski definition) is 6. The van der Waals surface area contributed by atoms with E-state index in [1.807, 2.05) is 6.92 Å². The minimum Gasteiger partial charge on any atom is -0.491 e. The maximum absolute atomic E-state index is 13.2. The van der Waals surface area contributed by atoms with E-state index >= 15 is 0 Å². The van der Waals surface area contributed by atoms with Crippen LogP contribution in [-0.4, -0.2) is 94.1 Å². The minimum atomic E-state index is -4.28. The molecule has 0 unspecified atom stereocenters. The molecular formula is C23H34F3N3O5. The van der Waals surface area contributed by atoms with Gasteiger partial charge in [0.15, 0.2) is 0 Å². The number of alkyl halides is 3. The minimum absolute atomic E-state index is 0.0572. The molecule has 2 amide bonds. The molecule has 0 bridgehead atoms. The van der Waals surface area contributed by atoms with Crippen molar-refractivity contribution in [3.63, 3.8) is 0 Å². The normalized spacial score (nSPS) is 22.9. The van der Waals surface area contributed by atoms with E-state index in [2.05, 4.69) is 5.32 Å². The van der Waals surface area contributed by atoms with Crippen LogP contribution in [0, 0.1) is 5.92 Å². The summed E-state index contributed by atoms with van der Waals surface area (Å²) in [4.78, 5) is 28.3. The smallest absolute Gasteiger partial charge is 0.390 e. The van der Waals surface area contributed by atoms with Crippen LogP contribution in [0.4, 0.5) is 18.9 Å². The molecule has 11 heteroatoms. The zero-order valence-electron chi connectivity index (χ0n) is 20.3. The standard InChI is InChI=1S/C23H34F3N3O5/c1-15-11-29(9-8-23(24,25)26)16(2)13-34-19-10-17(27-21(30)14-32-4)6-7-18(19)22(31)28(3)12-20(15)33-5/h6-7,10,15-16,20H,8-9,11-14H2,1-5H3,(H,27,30)/t15-,16+,20-/m1/s1. The van der Waals surface area contributed by atoms with Crippen LogP contribution in [0.25, 0.3) is 0 Å². The van der Waals surface area contributed by atoms with E-state index in [1.54, 1.807) is 31.0 Å². The van der Waals surface area contributed by atoms with E-state index in [1.165, 1.54) is 25.2 Å². The van der Waals surface area contributed by atoms with Crippen molar-refractivity contribution in [3.05, 3.63) is 23.8 Å². The number of methoxy groups -OCH3 is 2. The monoisotopic (exact) mass is 489 g/mol. The van der Waals surface area contributed by atoms with Gasteiger partial charge in [-0.3, -0.25) is 14.5 Å². The highest BCUT2D eigenvalue weighted by atomic mass is 19.4. The second-order valence-corrected chi connectivity index (χ2v) is 8.65. The molecule has 0 aliphatic carbocycles. The van der Waals surface area contributed by atoms with Gasteiger partial charge in [-0.2, -0.15) is 13.2 Å². The third kappa shape index (κ3) is 8.14. The van der Waals surface area contributed by atoms with E-state index in [0.29, 0.717) is 12.2 Å². The lowest BCUT2D eigenvalue weighted by Crippen LogP contribution is -2.47. The molecule has 34 heavy (non-hydrogen) atoms. The third-order valence-electron chi connectivity index (χ3n) is 5.82. The van der Waals surface area contributed by atoms with Gasteiger partial charge in [0.05, 0.1) is 18.1 Å². The van der Waals surface area contributed by atoms with Crippen LogP contribution < -0.4 is 10.1 Å². The molecule has 0 spiro atoms. The van der Waals surface area contributed by atoms with Crippen molar-refractivity contribution < 1.29 is 37.0 Å². The molecule has 1 N–H and O–H groups in total. The van der Waals surface area contributed by atoms with Crippen LogP contribution in [0.3, 0.4) is 0 Å². The highest BCUT2D eigenvalue weighted by Crippen LogP contribution is 2.27. The van der Waals surface area contributed by atoms with Gasteiger partial charge in [0.2, 0.25) is 5.91 Å². The summed E-state index contributed by atoms with van der Waals surface area (Å²) in [5.74, 6) is -0.561. The van der Waals surface area contributed by atoms with Crippen LogP contribution in [0.2, 0.25) is 0 Å². The van der Waals surface area contributed by atoms with Crippen LogP contribution >= 0.6 is 0 Å². The molecule has 0 radical (unpaired) electrons. The largest absolute Gasteiger partial charge is 0.491 e. The Morgan fingerprint density at radius 1 is 1.24 bits per heavy atom. The summed E-state index contributed by atoms with van der Waals surface area (Å²) < 4.78 is 55.2. The van der Waals surface area contributed by atoms with Crippen LogP contribution in [-0.2, 0) is 14.3 Å². The molecular weight excluding hydrogens is 455 g/mol. The lowest BCUT2D eigenvalue weighted by Gasteiger charge is -2.36. The zero-order valence-corrected chi connectivity index (χ0v) is 20.3. The van der Waals surface area contributed by atoms with Crippen molar-refractivity contribution in [1.82, 2.24) is 9.80 Å². The number of ether oxygens (including phenoxy) is 3. The molecule has 1 heterocycles. The summed E-state index contributed by atoms with van der Waals surface area (Å²) in [5.41, 5.74) is 0.692. The summed E-state index contributed by atoms with van der Waals surface area (Å²) in [6.45, 7) is 4.03. The topological polar surface area (TPSA) is 80.3 Å². The molecule has 1 aliphatic heterocycles. The summed E-state index contributed by atoms with van der Waals surface area (Å²) in [6, 6.07) is 4.31. The number of benzene rings is 1. The first kappa shape index (κ1) is 27.9. The number of fused-ring (bicyclic) bond motifs is 1. The summed E-state index contributed by atoms with van der Waals surface area (Å²) in [6.07, 6.45) is -5.58. The highest BCUT2D eigenvalue weighted by Gasteiger charge is 2.32. The van der Waals surface area contributed by atoms with Gasteiger partial charge in [0, 0.05) is 58.7 Å². The molecule has 1 aliphatic rings. The first-order valence-electron chi connectivity index (χ1n) is 11.1. The average molecular weight is 490 g/mol. The first-order chi connectivity index (χ1) is 15.9. The van der Waals surface area contributed by atoms with Crippen molar-refractivity contribution >= 4 is 17.5 Å². The molecule has 192 valence electrons.